The molecule has 2 heterocycles. The summed E-state index contributed by atoms with van der Waals surface area (Å²) in [5.41, 5.74) is -0.200. The van der Waals surface area contributed by atoms with Gasteiger partial charge in [0.1, 0.15) is 0 Å². The smallest absolute Gasteiger partial charge is 0.352 e. The Morgan fingerprint density at radius 3 is 2.46 bits per heavy atom. The van der Waals surface area contributed by atoms with Crippen LogP contribution in [0.3, 0.4) is 0 Å². The molecule has 2 aromatic carbocycles. The molecule has 194 valence electrons. The quantitative estimate of drug-likeness (QED) is 0.440. The highest BCUT2D eigenvalue weighted by Gasteiger charge is 2.31. The van der Waals surface area contributed by atoms with E-state index in [1.54, 1.807) is 49.4 Å². The van der Waals surface area contributed by atoms with E-state index in [0.717, 1.165) is 14.8 Å². The molecule has 0 radical (unpaired) electrons. The molecule has 3 aromatic rings. The number of ether oxygens (including phenoxy) is 1. The molecule has 0 atom stereocenters. The molecule has 4 rings (SSSR count). The van der Waals surface area contributed by atoms with Gasteiger partial charge in [-0.05, 0) is 62.1 Å². The number of aryl methyl sites for hydroxylation is 1. The summed E-state index contributed by atoms with van der Waals surface area (Å²) in [6.45, 7) is 4.26. The van der Waals surface area contributed by atoms with Gasteiger partial charge in [0.2, 0.25) is 5.69 Å². The average molecular weight is 545 g/mol. The number of esters is 1. The Hall–Kier alpha value is -3.43. The molecule has 1 amide bonds. The molecule has 1 aliphatic heterocycles. The first-order chi connectivity index (χ1) is 17.7. The standard InChI is InChI=1S/C26H26Cl2N4O5/c1-3-37-25(35)18-9-11-30(12-10-18)23(33)22-24(34)31(15-17-5-4-6-19(27)13-17)26(36)32(29-22)20-8-7-16(2)21(28)14-20/h4-8,13-14,18H,3,9-12,15H2,1-2H3. The predicted octanol–water partition coefficient (Wildman–Crippen LogP) is 3.47. The zero-order chi connectivity index (χ0) is 26.7. The minimum Gasteiger partial charge on any atom is -0.466 e. The van der Waals surface area contributed by atoms with Crippen LogP contribution in [-0.2, 0) is 16.1 Å². The average Bonchev–Trinajstić information content (AvgIpc) is 2.88. The molecule has 0 spiro atoms. The molecular weight excluding hydrogens is 519 g/mol. The van der Waals surface area contributed by atoms with E-state index < -0.39 is 22.9 Å². The van der Waals surface area contributed by atoms with Crippen molar-refractivity contribution in [3.05, 3.63) is 90.2 Å². The molecule has 11 heteroatoms. The lowest BCUT2D eigenvalue weighted by Gasteiger charge is -2.30. The molecule has 1 fully saturated rings. The fraction of sp³-hybridized carbons (Fsp3) is 0.346. The molecule has 0 saturated carbocycles. The highest BCUT2D eigenvalue weighted by Crippen LogP contribution is 2.21. The van der Waals surface area contributed by atoms with Crippen LogP contribution in [-0.4, -0.2) is 50.8 Å². The Bertz CT molecular complexity index is 1460. The number of rotatable bonds is 6. The first-order valence-corrected chi connectivity index (χ1v) is 12.7. The zero-order valence-electron chi connectivity index (χ0n) is 20.4. The Balaban J connectivity index is 1.75. The molecule has 0 unspecified atom stereocenters. The summed E-state index contributed by atoms with van der Waals surface area (Å²) in [6.07, 6.45) is 0.822. The largest absolute Gasteiger partial charge is 0.466 e. The number of benzene rings is 2. The van der Waals surface area contributed by atoms with E-state index in [0.29, 0.717) is 40.7 Å². The lowest BCUT2D eigenvalue weighted by Crippen LogP contribution is -2.48. The van der Waals surface area contributed by atoms with Gasteiger partial charge >= 0.3 is 11.7 Å². The van der Waals surface area contributed by atoms with Gasteiger partial charge in [0.05, 0.1) is 24.8 Å². The van der Waals surface area contributed by atoms with E-state index >= 15 is 0 Å². The molecule has 1 aromatic heterocycles. The molecule has 37 heavy (non-hydrogen) atoms. The number of aromatic nitrogens is 3. The molecule has 9 nitrogen and oxygen atoms in total. The maximum atomic E-state index is 13.5. The molecular formula is C26H26Cl2N4O5. The molecule has 1 aliphatic rings. The fourth-order valence-corrected chi connectivity index (χ4v) is 4.60. The van der Waals surface area contributed by atoms with E-state index in [4.69, 9.17) is 27.9 Å². The second-order valence-electron chi connectivity index (χ2n) is 8.82. The van der Waals surface area contributed by atoms with Gasteiger partial charge in [0, 0.05) is 23.1 Å². The first kappa shape index (κ1) is 26.6. The van der Waals surface area contributed by atoms with Gasteiger partial charge in [-0.25, -0.2) is 4.79 Å². The highest BCUT2D eigenvalue weighted by molar-refractivity contribution is 6.31. The number of carbonyl (C=O) groups is 2. The van der Waals surface area contributed by atoms with Gasteiger partial charge in [-0.1, -0.05) is 41.4 Å². The van der Waals surface area contributed by atoms with Crippen LogP contribution in [0.1, 0.15) is 41.4 Å². The number of hydrogen-bond donors (Lipinski definition) is 0. The van der Waals surface area contributed by atoms with Gasteiger partial charge in [0.15, 0.2) is 0 Å². The third-order valence-electron chi connectivity index (χ3n) is 6.29. The van der Waals surface area contributed by atoms with E-state index in [-0.39, 0.29) is 31.5 Å². The summed E-state index contributed by atoms with van der Waals surface area (Å²) < 4.78 is 7.06. The van der Waals surface area contributed by atoms with Gasteiger partial charge in [-0.15, -0.1) is 0 Å². The summed E-state index contributed by atoms with van der Waals surface area (Å²) in [5, 5.41) is 5.05. The summed E-state index contributed by atoms with van der Waals surface area (Å²) in [4.78, 5) is 53.9. The number of hydrogen-bond acceptors (Lipinski definition) is 6. The number of halogens is 2. The minimum atomic E-state index is -0.808. The Labute approximate surface area is 223 Å². The lowest BCUT2D eigenvalue weighted by atomic mass is 9.97. The van der Waals surface area contributed by atoms with Crippen LogP contribution in [0.4, 0.5) is 0 Å². The summed E-state index contributed by atoms with van der Waals surface area (Å²) in [7, 11) is 0. The van der Waals surface area contributed by atoms with Crippen molar-refractivity contribution in [2.45, 2.75) is 33.2 Å². The maximum absolute atomic E-state index is 13.5. The number of carbonyl (C=O) groups excluding carboxylic acids is 2. The number of nitrogens with zero attached hydrogens (tertiary/aromatic N) is 4. The van der Waals surface area contributed by atoms with Crippen LogP contribution in [0.5, 0.6) is 0 Å². The third kappa shape index (κ3) is 5.78. The first-order valence-electron chi connectivity index (χ1n) is 11.9. The SMILES string of the molecule is CCOC(=O)C1CCN(C(=O)c2nn(-c3ccc(C)c(Cl)c3)c(=O)n(Cc3cccc(Cl)c3)c2=O)CC1. The maximum Gasteiger partial charge on any atom is 0.352 e. The van der Waals surface area contributed by atoms with Crippen LogP contribution in [0.2, 0.25) is 10.0 Å². The van der Waals surface area contributed by atoms with E-state index in [1.165, 1.54) is 4.90 Å². The van der Waals surface area contributed by atoms with Crippen LogP contribution in [0, 0.1) is 12.8 Å². The zero-order valence-corrected chi connectivity index (χ0v) is 22.0. The van der Waals surface area contributed by atoms with Crippen LogP contribution >= 0.6 is 23.2 Å². The van der Waals surface area contributed by atoms with E-state index in [9.17, 15) is 19.2 Å². The van der Waals surface area contributed by atoms with Crippen molar-refractivity contribution in [3.8, 4) is 5.69 Å². The predicted molar refractivity (Wildman–Crippen MR) is 140 cm³/mol. The number of amides is 1. The number of piperidine rings is 1. The summed E-state index contributed by atoms with van der Waals surface area (Å²) in [5.74, 6) is -1.21. The van der Waals surface area contributed by atoms with Crippen molar-refractivity contribution in [3.63, 3.8) is 0 Å². The van der Waals surface area contributed by atoms with Crippen molar-refractivity contribution >= 4 is 35.1 Å². The molecule has 0 aliphatic carbocycles. The summed E-state index contributed by atoms with van der Waals surface area (Å²) in [6, 6.07) is 11.7. The van der Waals surface area contributed by atoms with Gasteiger partial charge in [-0.3, -0.25) is 19.0 Å². The lowest BCUT2D eigenvalue weighted by molar-refractivity contribution is -0.149. The van der Waals surface area contributed by atoms with E-state index in [1.807, 2.05) is 6.92 Å². The highest BCUT2D eigenvalue weighted by atomic mass is 35.5. The second-order valence-corrected chi connectivity index (χ2v) is 9.66. The summed E-state index contributed by atoms with van der Waals surface area (Å²) >= 11 is 12.4. The number of likely N-dealkylation sites (tertiary alicyclic amines) is 1. The fourth-order valence-electron chi connectivity index (χ4n) is 4.22. The third-order valence-corrected chi connectivity index (χ3v) is 6.94. The molecule has 1 saturated heterocycles. The van der Waals surface area contributed by atoms with Gasteiger partial charge in [0.25, 0.3) is 11.5 Å². The van der Waals surface area contributed by atoms with Crippen molar-refractivity contribution in [1.82, 2.24) is 19.2 Å². The van der Waals surface area contributed by atoms with Crippen molar-refractivity contribution in [1.29, 1.82) is 0 Å². The molecule has 0 bridgehead atoms. The molecule has 0 N–H and O–H groups in total. The monoisotopic (exact) mass is 544 g/mol. The second kappa shape index (κ2) is 11.3. The normalized spacial score (nSPS) is 14.0. The van der Waals surface area contributed by atoms with Crippen LogP contribution in [0.15, 0.2) is 52.1 Å². The Morgan fingerprint density at radius 1 is 1.08 bits per heavy atom. The topological polar surface area (TPSA) is 104 Å². The van der Waals surface area contributed by atoms with Crippen LogP contribution in [0.25, 0.3) is 5.69 Å². The van der Waals surface area contributed by atoms with Gasteiger partial charge < -0.3 is 9.64 Å². The van der Waals surface area contributed by atoms with Gasteiger partial charge in [-0.2, -0.15) is 9.78 Å². The van der Waals surface area contributed by atoms with Crippen molar-refractivity contribution in [2.75, 3.05) is 19.7 Å². The Morgan fingerprint density at radius 2 is 1.81 bits per heavy atom. The Kier molecular flexibility index (Phi) is 8.14. The van der Waals surface area contributed by atoms with E-state index in [2.05, 4.69) is 5.10 Å². The van der Waals surface area contributed by atoms with Crippen molar-refractivity contribution < 1.29 is 14.3 Å². The van der Waals surface area contributed by atoms with Crippen molar-refractivity contribution in [2.24, 2.45) is 5.92 Å². The minimum absolute atomic E-state index is 0.106. The van der Waals surface area contributed by atoms with Crippen LogP contribution < -0.4 is 11.2 Å².